The fourth-order valence-corrected chi connectivity index (χ4v) is 5.38. The quantitative estimate of drug-likeness (QED) is 0.335. The minimum absolute atomic E-state index is 0.251. The lowest BCUT2D eigenvalue weighted by atomic mass is 10.2. The van der Waals surface area contributed by atoms with Crippen molar-refractivity contribution >= 4 is 55.9 Å². The first-order chi connectivity index (χ1) is 14.3. The third-order valence-corrected chi connectivity index (χ3v) is 7.66. The van der Waals surface area contributed by atoms with E-state index in [-0.39, 0.29) is 4.90 Å². The summed E-state index contributed by atoms with van der Waals surface area (Å²) in [6, 6.07) is 11.9. The molecule has 0 fully saturated rings. The van der Waals surface area contributed by atoms with Crippen molar-refractivity contribution in [3.63, 3.8) is 0 Å². The number of sulfonamides is 1. The lowest BCUT2D eigenvalue weighted by Crippen LogP contribution is -2.30. The first-order valence-corrected chi connectivity index (χ1v) is 12.2. The molecule has 2 aromatic carbocycles. The van der Waals surface area contributed by atoms with Crippen LogP contribution in [-0.2, 0) is 10.0 Å². The van der Waals surface area contributed by atoms with Gasteiger partial charge in [0.25, 0.3) is 0 Å². The van der Waals surface area contributed by atoms with E-state index in [2.05, 4.69) is 15.5 Å². The lowest BCUT2D eigenvalue weighted by molar-refractivity contribution is 0.445. The zero-order valence-corrected chi connectivity index (χ0v) is 19.5. The topological polar surface area (TPSA) is 74.7 Å². The third-order valence-electron chi connectivity index (χ3n) is 4.30. The number of halogens is 2. The number of hydrogen-bond acceptors (Lipinski definition) is 6. The molecule has 0 aliphatic heterocycles. The highest BCUT2D eigenvalue weighted by Crippen LogP contribution is 2.28. The van der Waals surface area contributed by atoms with Gasteiger partial charge in [-0.25, -0.2) is 13.4 Å². The largest absolute Gasteiger partial charge is 0.253 e. The minimum Gasteiger partial charge on any atom is -0.253 e. The van der Waals surface area contributed by atoms with E-state index in [0.29, 0.717) is 34.0 Å². The molecule has 0 saturated heterocycles. The Kier molecular flexibility index (Phi) is 7.49. The number of nitrogens with zero attached hydrogens (tertiary/aromatic N) is 3. The van der Waals surface area contributed by atoms with Crippen LogP contribution in [0, 0.1) is 0 Å². The Bertz CT molecular complexity index is 1160. The minimum atomic E-state index is -3.53. The van der Waals surface area contributed by atoms with Crippen molar-refractivity contribution in [1.82, 2.24) is 9.29 Å². The van der Waals surface area contributed by atoms with Gasteiger partial charge in [-0.3, -0.25) is 5.43 Å². The molecule has 0 saturated carbocycles. The number of rotatable bonds is 8. The number of nitrogens with one attached hydrogen (secondary N) is 1. The molecule has 0 amide bonds. The van der Waals surface area contributed by atoms with Gasteiger partial charge in [-0.2, -0.15) is 9.41 Å². The number of thiazole rings is 1. The molecule has 0 radical (unpaired) electrons. The number of benzene rings is 2. The maximum Gasteiger partial charge on any atom is 0.243 e. The van der Waals surface area contributed by atoms with Crippen molar-refractivity contribution in [1.29, 1.82) is 0 Å². The summed E-state index contributed by atoms with van der Waals surface area (Å²) in [5.41, 5.74) is 4.97. The summed E-state index contributed by atoms with van der Waals surface area (Å²) in [5.74, 6) is 0. The van der Waals surface area contributed by atoms with Gasteiger partial charge in [0, 0.05) is 34.6 Å². The predicted molar refractivity (Wildman–Crippen MR) is 125 cm³/mol. The molecule has 6 nitrogen and oxygen atoms in total. The molecule has 0 aliphatic rings. The van der Waals surface area contributed by atoms with E-state index in [1.165, 1.54) is 15.6 Å². The number of hydrogen-bond donors (Lipinski definition) is 1. The standard InChI is InChI=1S/C20H20Cl2N4O2S2/c1-3-26(4-2)30(27,28)17-7-5-6-14(10-17)19-13-29-20(24-19)25-23-12-15-8-9-16(21)11-18(15)22/h5-13H,3-4H2,1-2H3,(H,24,25)/b23-12+. The maximum absolute atomic E-state index is 12.8. The fourth-order valence-electron chi connectivity index (χ4n) is 2.75. The van der Waals surface area contributed by atoms with Gasteiger partial charge in [0.15, 0.2) is 0 Å². The Labute approximate surface area is 190 Å². The third kappa shape index (κ3) is 5.19. The van der Waals surface area contributed by atoms with Crippen LogP contribution in [0.2, 0.25) is 10.0 Å². The van der Waals surface area contributed by atoms with Crippen LogP contribution in [0.15, 0.2) is 57.8 Å². The van der Waals surface area contributed by atoms with E-state index >= 15 is 0 Å². The van der Waals surface area contributed by atoms with E-state index < -0.39 is 10.0 Å². The van der Waals surface area contributed by atoms with Crippen LogP contribution >= 0.6 is 34.5 Å². The Hall–Kier alpha value is -1.97. The first-order valence-electron chi connectivity index (χ1n) is 9.15. The van der Waals surface area contributed by atoms with Gasteiger partial charge in [-0.1, -0.05) is 55.2 Å². The zero-order chi connectivity index (χ0) is 21.7. The van der Waals surface area contributed by atoms with Crippen molar-refractivity contribution in [3.05, 3.63) is 63.5 Å². The second-order valence-corrected chi connectivity index (χ2v) is 9.83. The van der Waals surface area contributed by atoms with Crippen LogP contribution in [0.25, 0.3) is 11.3 Å². The van der Waals surface area contributed by atoms with E-state index in [1.54, 1.807) is 42.6 Å². The Morgan fingerprint density at radius 1 is 1.17 bits per heavy atom. The van der Waals surface area contributed by atoms with Crippen LogP contribution in [-0.4, -0.2) is 37.0 Å². The summed E-state index contributed by atoms with van der Waals surface area (Å²) in [7, 11) is -3.53. The molecule has 1 heterocycles. The van der Waals surface area contributed by atoms with Gasteiger partial charge >= 0.3 is 0 Å². The Morgan fingerprint density at radius 3 is 2.63 bits per heavy atom. The number of anilines is 1. The van der Waals surface area contributed by atoms with Gasteiger partial charge < -0.3 is 0 Å². The fraction of sp³-hybridized carbons (Fsp3) is 0.200. The average Bonchev–Trinajstić information content (AvgIpc) is 3.19. The lowest BCUT2D eigenvalue weighted by Gasteiger charge is -2.18. The van der Waals surface area contributed by atoms with Crippen LogP contribution in [0.1, 0.15) is 19.4 Å². The molecule has 30 heavy (non-hydrogen) atoms. The molecule has 0 bridgehead atoms. The zero-order valence-electron chi connectivity index (χ0n) is 16.3. The highest BCUT2D eigenvalue weighted by atomic mass is 35.5. The molecular formula is C20H20Cl2N4O2S2. The predicted octanol–water partition coefficient (Wildman–Crippen LogP) is 5.59. The molecule has 3 aromatic rings. The van der Waals surface area contributed by atoms with Crippen molar-refractivity contribution in [3.8, 4) is 11.3 Å². The molecular weight excluding hydrogens is 463 g/mol. The highest BCUT2D eigenvalue weighted by Gasteiger charge is 2.22. The van der Waals surface area contributed by atoms with Crippen LogP contribution in [0.3, 0.4) is 0 Å². The summed E-state index contributed by atoms with van der Waals surface area (Å²) in [4.78, 5) is 4.74. The van der Waals surface area contributed by atoms with Crippen LogP contribution < -0.4 is 5.43 Å². The average molecular weight is 483 g/mol. The summed E-state index contributed by atoms with van der Waals surface area (Å²) >= 11 is 13.4. The van der Waals surface area contributed by atoms with E-state index in [9.17, 15) is 8.42 Å². The van der Waals surface area contributed by atoms with Crippen molar-refractivity contribution in [2.24, 2.45) is 5.10 Å². The summed E-state index contributed by atoms with van der Waals surface area (Å²) in [6.07, 6.45) is 1.58. The van der Waals surface area contributed by atoms with Gasteiger partial charge in [0.1, 0.15) is 0 Å². The SMILES string of the molecule is CCN(CC)S(=O)(=O)c1cccc(-c2csc(N/N=C/c3ccc(Cl)cc3Cl)n2)c1. The monoisotopic (exact) mass is 482 g/mol. The molecule has 1 aromatic heterocycles. The van der Waals surface area contributed by atoms with E-state index in [4.69, 9.17) is 23.2 Å². The van der Waals surface area contributed by atoms with E-state index in [1.807, 2.05) is 25.3 Å². The molecule has 3 rings (SSSR count). The molecule has 0 atom stereocenters. The maximum atomic E-state index is 12.8. The highest BCUT2D eigenvalue weighted by molar-refractivity contribution is 7.89. The molecule has 0 aliphatic carbocycles. The summed E-state index contributed by atoms with van der Waals surface area (Å²) < 4.78 is 27.0. The van der Waals surface area contributed by atoms with Crippen LogP contribution in [0.5, 0.6) is 0 Å². The molecule has 158 valence electrons. The van der Waals surface area contributed by atoms with Gasteiger partial charge in [-0.15, -0.1) is 11.3 Å². The molecule has 1 N–H and O–H groups in total. The Morgan fingerprint density at radius 2 is 1.93 bits per heavy atom. The molecule has 10 heteroatoms. The number of aromatic nitrogens is 1. The smallest absolute Gasteiger partial charge is 0.243 e. The van der Waals surface area contributed by atoms with E-state index in [0.717, 1.165) is 11.1 Å². The molecule has 0 unspecified atom stereocenters. The summed E-state index contributed by atoms with van der Waals surface area (Å²) in [5, 5.41) is 7.63. The van der Waals surface area contributed by atoms with Crippen molar-refractivity contribution in [2.45, 2.75) is 18.7 Å². The van der Waals surface area contributed by atoms with Crippen molar-refractivity contribution < 1.29 is 8.42 Å². The summed E-state index contributed by atoms with van der Waals surface area (Å²) in [6.45, 7) is 4.48. The second-order valence-electron chi connectivity index (χ2n) is 6.19. The van der Waals surface area contributed by atoms with Crippen molar-refractivity contribution in [2.75, 3.05) is 18.5 Å². The Balaban J connectivity index is 1.77. The van der Waals surface area contributed by atoms with Gasteiger partial charge in [0.05, 0.1) is 21.8 Å². The van der Waals surface area contributed by atoms with Gasteiger partial charge in [-0.05, 0) is 24.3 Å². The van der Waals surface area contributed by atoms with Crippen LogP contribution in [0.4, 0.5) is 5.13 Å². The van der Waals surface area contributed by atoms with Gasteiger partial charge in [0.2, 0.25) is 15.2 Å². The normalized spacial score (nSPS) is 12.0. The first kappa shape index (κ1) is 22.7. The second kappa shape index (κ2) is 9.89. The number of hydrazone groups is 1. The molecule has 0 spiro atoms.